The Morgan fingerprint density at radius 2 is 2.00 bits per heavy atom. The molecule has 0 spiro atoms. The van der Waals surface area contributed by atoms with Gasteiger partial charge in [-0.05, 0) is 47.7 Å². The highest BCUT2D eigenvalue weighted by atomic mass is 32.1. The van der Waals surface area contributed by atoms with E-state index in [1.165, 1.54) is 0 Å². The molecule has 0 fully saturated rings. The van der Waals surface area contributed by atoms with E-state index in [0.29, 0.717) is 13.0 Å². The summed E-state index contributed by atoms with van der Waals surface area (Å²) in [6.07, 6.45) is 1.57. The van der Waals surface area contributed by atoms with Crippen LogP contribution in [0.1, 0.15) is 28.5 Å². The molecule has 2 heterocycles. The van der Waals surface area contributed by atoms with E-state index in [4.69, 9.17) is 4.74 Å². The Balaban J connectivity index is 1.54. The first kappa shape index (κ1) is 19.9. The summed E-state index contributed by atoms with van der Waals surface area (Å²) in [6, 6.07) is 17.8. The van der Waals surface area contributed by atoms with Crippen molar-refractivity contribution in [2.24, 2.45) is 0 Å². The monoisotopic (exact) mass is 396 g/mol. The molecule has 0 amide bonds. The Morgan fingerprint density at radius 3 is 2.68 bits per heavy atom. The molecule has 0 radical (unpaired) electrons. The molecule has 3 rings (SSSR count). The number of nitrogens with one attached hydrogen (secondary N) is 1. The number of thiophene rings is 1. The Kier molecular flexibility index (Phi) is 7.03. The topological polar surface area (TPSA) is 71.5 Å². The quantitative estimate of drug-likeness (QED) is 0.524. The second kappa shape index (κ2) is 9.90. The van der Waals surface area contributed by atoms with Gasteiger partial charge in [-0.1, -0.05) is 24.3 Å². The van der Waals surface area contributed by atoms with Gasteiger partial charge in [0.05, 0.1) is 13.0 Å². The van der Waals surface area contributed by atoms with E-state index in [0.717, 1.165) is 34.1 Å². The van der Waals surface area contributed by atoms with Gasteiger partial charge in [-0.3, -0.25) is 4.79 Å². The van der Waals surface area contributed by atoms with E-state index < -0.39 is 5.97 Å². The molecule has 5 nitrogen and oxygen atoms in total. The Morgan fingerprint density at radius 1 is 1.18 bits per heavy atom. The lowest BCUT2D eigenvalue weighted by atomic mass is 9.94. The van der Waals surface area contributed by atoms with Crippen LogP contribution in [0.5, 0.6) is 5.75 Å². The number of pyridine rings is 1. The van der Waals surface area contributed by atoms with Crippen LogP contribution in [0.4, 0.5) is 5.82 Å². The lowest BCUT2D eigenvalue weighted by molar-refractivity contribution is -0.137. The predicted octanol–water partition coefficient (Wildman–Crippen LogP) is 4.61. The molecular formula is C22H24N2O3S. The molecule has 2 aromatic heterocycles. The van der Waals surface area contributed by atoms with Crippen LogP contribution in [0.25, 0.3) is 0 Å². The maximum Gasteiger partial charge on any atom is 0.304 e. The fourth-order valence-electron chi connectivity index (χ4n) is 3.05. The molecule has 1 unspecified atom stereocenters. The van der Waals surface area contributed by atoms with Gasteiger partial charge in [0.15, 0.2) is 0 Å². The van der Waals surface area contributed by atoms with Gasteiger partial charge < -0.3 is 15.2 Å². The van der Waals surface area contributed by atoms with Crippen molar-refractivity contribution in [1.82, 2.24) is 4.98 Å². The SMILES string of the molecule is CNc1cccc(CCOc2ccc(CC(CC(=O)O)c3cccs3)cc2)n1. The summed E-state index contributed by atoms with van der Waals surface area (Å²) in [6.45, 7) is 0.552. The zero-order chi connectivity index (χ0) is 19.8. The average molecular weight is 397 g/mol. The molecule has 1 atom stereocenters. The maximum atomic E-state index is 11.2. The van der Waals surface area contributed by atoms with E-state index in [1.807, 2.05) is 67.0 Å². The van der Waals surface area contributed by atoms with Crippen molar-refractivity contribution >= 4 is 23.1 Å². The third kappa shape index (κ3) is 5.82. The largest absolute Gasteiger partial charge is 0.493 e. The second-order valence-electron chi connectivity index (χ2n) is 6.52. The van der Waals surface area contributed by atoms with E-state index in [-0.39, 0.29) is 12.3 Å². The van der Waals surface area contributed by atoms with Crippen molar-refractivity contribution in [3.63, 3.8) is 0 Å². The van der Waals surface area contributed by atoms with E-state index in [1.54, 1.807) is 11.3 Å². The lowest BCUT2D eigenvalue weighted by Gasteiger charge is -2.14. The van der Waals surface area contributed by atoms with Gasteiger partial charge in [0.1, 0.15) is 11.6 Å². The third-order valence-corrected chi connectivity index (χ3v) is 5.50. The molecule has 0 saturated heterocycles. The molecule has 28 heavy (non-hydrogen) atoms. The van der Waals surface area contributed by atoms with Crippen LogP contribution in [0.3, 0.4) is 0 Å². The number of hydrogen-bond donors (Lipinski definition) is 2. The van der Waals surface area contributed by atoms with Crippen molar-refractivity contribution in [3.05, 3.63) is 76.1 Å². The Bertz CT molecular complexity index is 879. The second-order valence-corrected chi connectivity index (χ2v) is 7.50. The molecule has 3 aromatic rings. The normalized spacial score (nSPS) is 11.8. The summed E-state index contributed by atoms with van der Waals surface area (Å²) in [5.74, 6) is 0.882. The summed E-state index contributed by atoms with van der Waals surface area (Å²) in [5, 5.41) is 14.2. The van der Waals surface area contributed by atoms with Gasteiger partial charge in [-0.15, -0.1) is 11.3 Å². The average Bonchev–Trinajstić information content (AvgIpc) is 3.23. The standard InChI is InChI=1S/C22H24N2O3S/c1-23-21-6-2-4-18(24-21)11-12-27-19-9-7-16(8-10-19)14-17(15-22(25)26)20-5-3-13-28-20/h2-10,13,17H,11-12,14-15H2,1H3,(H,23,24)(H,25,26). The van der Waals surface area contributed by atoms with Gasteiger partial charge >= 0.3 is 5.97 Å². The molecule has 1 aromatic carbocycles. The number of aliphatic carboxylic acids is 1. The van der Waals surface area contributed by atoms with Crippen LogP contribution in [-0.2, 0) is 17.6 Å². The highest BCUT2D eigenvalue weighted by molar-refractivity contribution is 7.10. The molecule has 0 aliphatic rings. The van der Waals surface area contributed by atoms with E-state index >= 15 is 0 Å². The van der Waals surface area contributed by atoms with Gasteiger partial charge in [0.25, 0.3) is 0 Å². The number of anilines is 1. The van der Waals surface area contributed by atoms with Crippen molar-refractivity contribution in [1.29, 1.82) is 0 Å². The molecule has 0 saturated carbocycles. The molecule has 0 aliphatic heterocycles. The summed E-state index contributed by atoms with van der Waals surface area (Å²) < 4.78 is 5.83. The molecule has 146 valence electrons. The number of benzene rings is 1. The van der Waals surface area contributed by atoms with Crippen molar-refractivity contribution in [2.75, 3.05) is 19.0 Å². The van der Waals surface area contributed by atoms with E-state index in [9.17, 15) is 9.90 Å². The molecule has 6 heteroatoms. The van der Waals surface area contributed by atoms with E-state index in [2.05, 4.69) is 10.3 Å². The number of carboxylic acids is 1. The zero-order valence-electron chi connectivity index (χ0n) is 15.8. The number of rotatable bonds is 10. The van der Waals surface area contributed by atoms with Crippen LogP contribution in [0.15, 0.2) is 60.0 Å². The van der Waals surface area contributed by atoms with Crippen LogP contribution < -0.4 is 10.1 Å². The smallest absolute Gasteiger partial charge is 0.304 e. The van der Waals surface area contributed by atoms with Crippen molar-refractivity contribution in [2.45, 2.75) is 25.2 Å². The van der Waals surface area contributed by atoms with Crippen LogP contribution in [0, 0.1) is 0 Å². The van der Waals surface area contributed by atoms with Crippen LogP contribution in [0.2, 0.25) is 0 Å². The fraction of sp³-hybridized carbons (Fsp3) is 0.273. The Hall–Kier alpha value is -2.86. The number of carboxylic acid groups (broad SMARTS) is 1. The minimum Gasteiger partial charge on any atom is -0.493 e. The number of aromatic nitrogens is 1. The first-order valence-corrected chi connectivity index (χ1v) is 10.1. The lowest BCUT2D eigenvalue weighted by Crippen LogP contribution is -2.08. The van der Waals surface area contributed by atoms with Gasteiger partial charge in [-0.25, -0.2) is 4.98 Å². The minimum absolute atomic E-state index is 0.00482. The molecule has 0 bridgehead atoms. The maximum absolute atomic E-state index is 11.2. The van der Waals surface area contributed by atoms with Crippen LogP contribution >= 0.6 is 11.3 Å². The minimum atomic E-state index is -0.769. The number of hydrogen-bond acceptors (Lipinski definition) is 5. The summed E-state index contributed by atoms with van der Waals surface area (Å²) in [5.41, 5.74) is 2.09. The predicted molar refractivity (Wildman–Crippen MR) is 112 cm³/mol. The summed E-state index contributed by atoms with van der Waals surface area (Å²) in [7, 11) is 1.85. The van der Waals surface area contributed by atoms with Crippen molar-refractivity contribution < 1.29 is 14.6 Å². The zero-order valence-corrected chi connectivity index (χ0v) is 16.6. The van der Waals surface area contributed by atoms with Gasteiger partial charge in [0.2, 0.25) is 0 Å². The third-order valence-electron chi connectivity index (χ3n) is 4.46. The van der Waals surface area contributed by atoms with Gasteiger partial charge in [0, 0.05) is 30.0 Å². The molecular weight excluding hydrogens is 372 g/mol. The fourth-order valence-corrected chi connectivity index (χ4v) is 3.88. The van der Waals surface area contributed by atoms with Crippen molar-refractivity contribution in [3.8, 4) is 5.75 Å². The number of nitrogens with zero attached hydrogens (tertiary/aromatic N) is 1. The highest BCUT2D eigenvalue weighted by Gasteiger charge is 2.17. The summed E-state index contributed by atoms with van der Waals surface area (Å²) >= 11 is 1.61. The van der Waals surface area contributed by atoms with Gasteiger partial charge in [-0.2, -0.15) is 0 Å². The number of carbonyl (C=O) groups is 1. The van der Waals surface area contributed by atoms with Crippen LogP contribution in [-0.4, -0.2) is 29.7 Å². The Labute approximate surface area is 169 Å². The number of ether oxygens (including phenoxy) is 1. The highest BCUT2D eigenvalue weighted by Crippen LogP contribution is 2.28. The first-order valence-electron chi connectivity index (χ1n) is 9.24. The molecule has 2 N–H and O–H groups in total. The first-order chi connectivity index (χ1) is 13.6. The summed E-state index contributed by atoms with van der Waals surface area (Å²) in [4.78, 5) is 16.8. The molecule has 0 aliphatic carbocycles.